The van der Waals surface area contributed by atoms with Gasteiger partial charge in [-0.05, 0) is 31.5 Å². The first-order chi connectivity index (χ1) is 11.9. The van der Waals surface area contributed by atoms with Crippen molar-refractivity contribution in [2.24, 2.45) is 0 Å². The van der Waals surface area contributed by atoms with Gasteiger partial charge in [0.15, 0.2) is 11.5 Å². The molecule has 0 radical (unpaired) electrons. The number of nitrogens with zero attached hydrogens (tertiary/aromatic N) is 1. The van der Waals surface area contributed by atoms with Gasteiger partial charge >= 0.3 is 0 Å². The molecule has 0 aromatic heterocycles. The lowest BCUT2D eigenvalue weighted by Crippen LogP contribution is -2.15. The Balaban J connectivity index is 2.45. The van der Waals surface area contributed by atoms with Crippen molar-refractivity contribution in [1.82, 2.24) is 0 Å². The van der Waals surface area contributed by atoms with E-state index in [1.54, 1.807) is 25.1 Å². The van der Waals surface area contributed by atoms with Crippen molar-refractivity contribution in [3.8, 4) is 11.5 Å². The van der Waals surface area contributed by atoms with Crippen molar-refractivity contribution in [1.29, 1.82) is 0 Å². The fourth-order valence-corrected chi connectivity index (χ4v) is 2.50. The predicted octanol–water partition coefficient (Wildman–Crippen LogP) is 4.22. The van der Waals surface area contributed by atoms with Gasteiger partial charge in [-0.1, -0.05) is 17.7 Å². The van der Waals surface area contributed by atoms with Crippen molar-refractivity contribution in [3.05, 3.63) is 56.6 Å². The van der Waals surface area contributed by atoms with Crippen LogP contribution in [-0.4, -0.2) is 24.5 Å². The monoisotopic (exact) mass is 364 g/mol. The Hall–Kier alpha value is -2.80. The normalized spacial score (nSPS) is 10.2. The molecule has 2 aromatic carbocycles. The summed E-state index contributed by atoms with van der Waals surface area (Å²) in [5.41, 5.74) is 0.753. The average molecular weight is 365 g/mol. The van der Waals surface area contributed by atoms with Gasteiger partial charge in [0.2, 0.25) is 0 Å². The molecule has 1 amide bonds. The number of hydrogen-bond donors (Lipinski definition) is 1. The quantitative estimate of drug-likeness (QED) is 0.612. The van der Waals surface area contributed by atoms with E-state index in [0.717, 1.165) is 5.56 Å². The Morgan fingerprint density at radius 3 is 2.56 bits per heavy atom. The second-order valence-corrected chi connectivity index (χ2v) is 5.55. The molecule has 2 rings (SSSR count). The number of methoxy groups -OCH3 is 1. The molecule has 0 bridgehead atoms. The topological polar surface area (TPSA) is 90.7 Å². The van der Waals surface area contributed by atoms with Crippen LogP contribution in [0.25, 0.3) is 0 Å². The molecule has 132 valence electrons. The van der Waals surface area contributed by atoms with Crippen LogP contribution in [0.5, 0.6) is 11.5 Å². The van der Waals surface area contributed by atoms with Crippen LogP contribution in [0.3, 0.4) is 0 Å². The average Bonchev–Trinajstić information content (AvgIpc) is 2.57. The van der Waals surface area contributed by atoms with Crippen LogP contribution in [0.2, 0.25) is 5.02 Å². The number of amides is 1. The lowest BCUT2D eigenvalue weighted by molar-refractivity contribution is -0.385. The van der Waals surface area contributed by atoms with Crippen molar-refractivity contribution < 1.29 is 19.2 Å². The first-order valence-corrected chi connectivity index (χ1v) is 7.81. The molecule has 0 unspecified atom stereocenters. The standard InChI is InChI=1S/C17H17ClN2O5/c1-4-25-16-9-14(20(22)23)11(8-15(16)24-3)17(21)19-13-6-5-10(2)7-12(13)18/h5-9H,4H2,1-3H3,(H,19,21). The molecule has 0 aliphatic carbocycles. The Bertz CT molecular complexity index is 823. The Kier molecular flexibility index (Phi) is 5.82. The van der Waals surface area contributed by atoms with Gasteiger partial charge < -0.3 is 14.8 Å². The summed E-state index contributed by atoms with van der Waals surface area (Å²) in [5.74, 6) is -0.243. The van der Waals surface area contributed by atoms with E-state index < -0.39 is 10.8 Å². The molecule has 0 heterocycles. The van der Waals surface area contributed by atoms with Crippen LogP contribution < -0.4 is 14.8 Å². The minimum atomic E-state index is -0.668. The second kappa shape index (κ2) is 7.85. The zero-order chi connectivity index (χ0) is 18.6. The van der Waals surface area contributed by atoms with Crippen LogP contribution in [0.1, 0.15) is 22.8 Å². The molecule has 0 fully saturated rings. The molecule has 0 saturated carbocycles. The summed E-state index contributed by atoms with van der Waals surface area (Å²) in [7, 11) is 1.39. The van der Waals surface area contributed by atoms with Crippen LogP contribution in [0.15, 0.2) is 30.3 Å². The highest BCUT2D eigenvalue weighted by Crippen LogP contribution is 2.35. The van der Waals surface area contributed by atoms with E-state index in [4.69, 9.17) is 21.1 Å². The summed E-state index contributed by atoms with van der Waals surface area (Å²) in [6, 6.07) is 7.54. The molecule has 8 heteroatoms. The van der Waals surface area contributed by atoms with E-state index in [1.807, 2.05) is 6.92 Å². The van der Waals surface area contributed by atoms with Crippen molar-refractivity contribution in [2.45, 2.75) is 13.8 Å². The highest BCUT2D eigenvalue weighted by atomic mass is 35.5. The number of carbonyl (C=O) groups is 1. The van der Waals surface area contributed by atoms with E-state index in [9.17, 15) is 14.9 Å². The molecule has 0 aliphatic heterocycles. The van der Waals surface area contributed by atoms with Crippen LogP contribution >= 0.6 is 11.6 Å². The number of nitrogens with one attached hydrogen (secondary N) is 1. The van der Waals surface area contributed by atoms with E-state index in [0.29, 0.717) is 17.3 Å². The Morgan fingerprint density at radius 1 is 1.28 bits per heavy atom. The fourth-order valence-electron chi connectivity index (χ4n) is 2.22. The number of aryl methyl sites for hydroxylation is 1. The third-order valence-electron chi connectivity index (χ3n) is 3.40. The van der Waals surface area contributed by atoms with Gasteiger partial charge in [0.25, 0.3) is 11.6 Å². The van der Waals surface area contributed by atoms with Crippen molar-refractivity contribution >= 4 is 28.9 Å². The predicted molar refractivity (Wildman–Crippen MR) is 95.0 cm³/mol. The van der Waals surface area contributed by atoms with Crippen LogP contribution in [-0.2, 0) is 0 Å². The number of halogens is 1. The molecule has 2 aromatic rings. The van der Waals surface area contributed by atoms with Crippen molar-refractivity contribution in [3.63, 3.8) is 0 Å². The lowest BCUT2D eigenvalue weighted by Gasteiger charge is -2.12. The van der Waals surface area contributed by atoms with E-state index in [1.165, 1.54) is 19.2 Å². The molecule has 25 heavy (non-hydrogen) atoms. The molecule has 0 atom stereocenters. The maximum atomic E-state index is 12.5. The number of nitro groups is 1. The summed E-state index contributed by atoms with van der Waals surface area (Å²) in [4.78, 5) is 23.2. The largest absolute Gasteiger partial charge is 0.493 e. The number of benzene rings is 2. The lowest BCUT2D eigenvalue weighted by atomic mass is 10.1. The number of anilines is 1. The summed E-state index contributed by atoms with van der Waals surface area (Å²) in [5, 5.41) is 14.3. The van der Waals surface area contributed by atoms with Gasteiger partial charge in [-0.2, -0.15) is 0 Å². The zero-order valence-electron chi connectivity index (χ0n) is 14.0. The van der Waals surface area contributed by atoms with E-state index >= 15 is 0 Å². The molecular formula is C17H17ClN2O5. The number of carbonyl (C=O) groups excluding carboxylic acids is 1. The first kappa shape index (κ1) is 18.5. The third-order valence-corrected chi connectivity index (χ3v) is 3.71. The number of hydrogen-bond acceptors (Lipinski definition) is 5. The van der Waals surface area contributed by atoms with E-state index in [2.05, 4.69) is 5.32 Å². The van der Waals surface area contributed by atoms with Gasteiger partial charge in [-0.15, -0.1) is 0 Å². The first-order valence-electron chi connectivity index (χ1n) is 7.44. The van der Waals surface area contributed by atoms with Gasteiger partial charge in [-0.3, -0.25) is 14.9 Å². The summed E-state index contributed by atoms with van der Waals surface area (Å²) in [6.45, 7) is 3.91. The van der Waals surface area contributed by atoms with Gasteiger partial charge in [-0.25, -0.2) is 0 Å². The number of nitro benzene ring substituents is 1. The smallest absolute Gasteiger partial charge is 0.286 e. The third kappa shape index (κ3) is 4.19. The Morgan fingerprint density at radius 2 is 2.00 bits per heavy atom. The minimum absolute atomic E-state index is 0.151. The second-order valence-electron chi connectivity index (χ2n) is 5.15. The highest BCUT2D eigenvalue weighted by Gasteiger charge is 2.25. The molecule has 0 aliphatic rings. The van der Waals surface area contributed by atoms with Crippen LogP contribution in [0, 0.1) is 17.0 Å². The molecule has 0 spiro atoms. The number of ether oxygens (including phenoxy) is 2. The molecule has 0 saturated heterocycles. The maximum absolute atomic E-state index is 12.5. The molecule has 7 nitrogen and oxygen atoms in total. The maximum Gasteiger partial charge on any atom is 0.286 e. The van der Waals surface area contributed by atoms with Gasteiger partial charge in [0, 0.05) is 6.07 Å². The minimum Gasteiger partial charge on any atom is -0.493 e. The SMILES string of the molecule is CCOc1cc([N+](=O)[O-])c(C(=O)Nc2ccc(C)cc2Cl)cc1OC. The Labute approximate surface area is 149 Å². The van der Waals surface area contributed by atoms with Crippen molar-refractivity contribution in [2.75, 3.05) is 19.0 Å². The van der Waals surface area contributed by atoms with Gasteiger partial charge in [0.1, 0.15) is 5.56 Å². The summed E-state index contributed by atoms with van der Waals surface area (Å²) < 4.78 is 10.5. The molecule has 1 N–H and O–H groups in total. The van der Waals surface area contributed by atoms with E-state index in [-0.39, 0.29) is 22.7 Å². The van der Waals surface area contributed by atoms with Crippen LogP contribution in [0.4, 0.5) is 11.4 Å². The summed E-state index contributed by atoms with van der Waals surface area (Å²) in [6.07, 6.45) is 0. The zero-order valence-corrected chi connectivity index (χ0v) is 14.7. The van der Waals surface area contributed by atoms with Gasteiger partial charge in [0.05, 0.1) is 35.4 Å². The fraction of sp³-hybridized carbons (Fsp3) is 0.235. The molecular weight excluding hydrogens is 348 g/mol. The highest BCUT2D eigenvalue weighted by molar-refractivity contribution is 6.34. The summed E-state index contributed by atoms with van der Waals surface area (Å²) >= 11 is 6.10. The number of rotatable bonds is 6.